The van der Waals surface area contributed by atoms with Gasteiger partial charge in [0.25, 0.3) is 5.91 Å². The van der Waals surface area contributed by atoms with Crippen molar-refractivity contribution in [3.05, 3.63) is 35.4 Å². The van der Waals surface area contributed by atoms with Gasteiger partial charge in [-0.1, -0.05) is 0 Å². The molecular formula is C18H24F2N4O2. The SMILES string of the molecule is O=C(CCN1CCN(C(=O)c2ccc(F)c(F)c2)CC1)N1CCNCC1. The van der Waals surface area contributed by atoms with Gasteiger partial charge < -0.3 is 15.1 Å². The fourth-order valence-corrected chi connectivity index (χ4v) is 3.31. The first-order valence-corrected chi connectivity index (χ1v) is 9.00. The molecule has 0 saturated carbocycles. The highest BCUT2D eigenvalue weighted by atomic mass is 19.2. The lowest BCUT2D eigenvalue weighted by atomic mass is 10.1. The summed E-state index contributed by atoms with van der Waals surface area (Å²) in [6.45, 7) is 6.25. The number of carbonyl (C=O) groups is 2. The van der Waals surface area contributed by atoms with Crippen LogP contribution in [-0.4, -0.2) is 85.4 Å². The van der Waals surface area contributed by atoms with Gasteiger partial charge in [-0.15, -0.1) is 0 Å². The first-order chi connectivity index (χ1) is 12.5. The molecule has 2 saturated heterocycles. The summed E-state index contributed by atoms with van der Waals surface area (Å²) in [5.41, 5.74) is 0.159. The van der Waals surface area contributed by atoms with Crippen molar-refractivity contribution in [1.82, 2.24) is 20.0 Å². The summed E-state index contributed by atoms with van der Waals surface area (Å²) in [4.78, 5) is 30.3. The van der Waals surface area contributed by atoms with Crippen LogP contribution in [0.25, 0.3) is 0 Å². The Kier molecular flexibility index (Phi) is 6.16. The van der Waals surface area contributed by atoms with Gasteiger partial charge in [0.05, 0.1) is 0 Å². The van der Waals surface area contributed by atoms with E-state index in [4.69, 9.17) is 0 Å². The minimum atomic E-state index is -1.01. The Morgan fingerprint density at radius 1 is 0.923 bits per heavy atom. The Morgan fingerprint density at radius 3 is 2.27 bits per heavy atom. The molecule has 2 aliphatic rings. The molecule has 0 radical (unpaired) electrons. The molecule has 2 fully saturated rings. The Labute approximate surface area is 151 Å². The summed E-state index contributed by atoms with van der Waals surface area (Å²) in [6.07, 6.45) is 0.483. The smallest absolute Gasteiger partial charge is 0.254 e. The quantitative estimate of drug-likeness (QED) is 0.845. The first kappa shape index (κ1) is 18.7. The number of benzene rings is 1. The van der Waals surface area contributed by atoms with Crippen LogP contribution in [0.2, 0.25) is 0 Å². The van der Waals surface area contributed by atoms with Crippen molar-refractivity contribution >= 4 is 11.8 Å². The molecule has 0 spiro atoms. The zero-order valence-electron chi connectivity index (χ0n) is 14.7. The van der Waals surface area contributed by atoms with Crippen LogP contribution in [0, 0.1) is 11.6 Å². The van der Waals surface area contributed by atoms with Crippen LogP contribution in [0.1, 0.15) is 16.8 Å². The van der Waals surface area contributed by atoms with Gasteiger partial charge in [0.2, 0.25) is 5.91 Å². The number of piperazine rings is 2. The number of rotatable bonds is 4. The standard InChI is InChI=1S/C18H24F2N4O2/c19-15-2-1-14(13-16(15)20)18(26)24-11-9-22(10-12-24)6-3-17(25)23-7-4-21-5-8-23/h1-2,13,21H,3-12H2. The Balaban J connectivity index is 1.44. The molecule has 2 heterocycles. The fourth-order valence-electron chi connectivity index (χ4n) is 3.31. The van der Waals surface area contributed by atoms with E-state index >= 15 is 0 Å². The van der Waals surface area contributed by atoms with Crippen molar-refractivity contribution in [2.75, 3.05) is 58.9 Å². The van der Waals surface area contributed by atoms with Crippen LogP contribution in [0.4, 0.5) is 8.78 Å². The maximum atomic E-state index is 13.3. The third-order valence-corrected chi connectivity index (χ3v) is 4.94. The van der Waals surface area contributed by atoms with E-state index < -0.39 is 11.6 Å². The Morgan fingerprint density at radius 2 is 1.62 bits per heavy atom. The van der Waals surface area contributed by atoms with Crippen LogP contribution in [0.5, 0.6) is 0 Å². The Bertz CT molecular complexity index is 657. The summed E-state index contributed by atoms with van der Waals surface area (Å²) < 4.78 is 26.3. The molecule has 26 heavy (non-hydrogen) atoms. The van der Waals surface area contributed by atoms with Gasteiger partial charge in [-0.05, 0) is 18.2 Å². The third-order valence-electron chi connectivity index (χ3n) is 4.94. The average molecular weight is 366 g/mol. The van der Waals surface area contributed by atoms with Crippen LogP contribution in [-0.2, 0) is 4.79 Å². The number of nitrogens with zero attached hydrogens (tertiary/aromatic N) is 3. The molecule has 1 aromatic rings. The second-order valence-electron chi connectivity index (χ2n) is 6.64. The molecule has 142 valence electrons. The molecule has 1 N–H and O–H groups in total. The first-order valence-electron chi connectivity index (χ1n) is 9.00. The van der Waals surface area contributed by atoms with Gasteiger partial charge in [0, 0.05) is 70.9 Å². The minimum absolute atomic E-state index is 0.159. The number of hydrogen-bond acceptors (Lipinski definition) is 4. The second-order valence-corrected chi connectivity index (χ2v) is 6.64. The minimum Gasteiger partial charge on any atom is -0.340 e. The van der Waals surface area contributed by atoms with E-state index in [1.165, 1.54) is 6.07 Å². The molecule has 0 aromatic heterocycles. The van der Waals surface area contributed by atoms with Crippen LogP contribution in [0.3, 0.4) is 0 Å². The van der Waals surface area contributed by atoms with Gasteiger partial charge in [-0.25, -0.2) is 8.78 Å². The van der Waals surface area contributed by atoms with Gasteiger partial charge in [-0.3, -0.25) is 14.5 Å². The van der Waals surface area contributed by atoms with Crippen molar-refractivity contribution in [3.63, 3.8) is 0 Å². The number of amides is 2. The largest absolute Gasteiger partial charge is 0.340 e. The lowest BCUT2D eigenvalue weighted by Crippen LogP contribution is -2.50. The molecule has 0 unspecified atom stereocenters. The van der Waals surface area contributed by atoms with Crippen molar-refractivity contribution in [2.45, 2.75) is 6.42 Å². The van der Waals surface area contributed by atoms with E-state index in [9.17, 15) is 18.4 Å². The number of carbonyl (C=O) groups excluding carboxylic acids is 2. The fraction of sp³-hybridized carbons (Fsp3) is 0.556. The van der Waals surface area contributed by atoms with Crippen molar-refractivity contribution in [3.8, 4) is 0 Å². The molecule has 8 heteroatoms. The van der Waals surface area contributed by atoms with Crippen molar-refractivity contribution in [2.24, 2.45) is 0 Å². The zero-order chi connectivity index (χ0) is 18.5. The lowest BCUT2D eigenvalue weighted by Gasteiger charge is -2.35. The summed E-state index contributed by atoms with van der Waals surface area (Å²) in [6, 6.07) is 3.22. The number of nitrogens with one attached hydrogen (secondary N) is 1. The van der Waals surface area contributed by atoms with Crippen LogP contribution < -0.4 is 5.32 Å². The molecule has 2 aliphatic heterocycles. The highest BCUT2D eigenvalue weighted by Gasteiger charge is 2.24. The molecule has 2 amide bonds. The van der Waals surface area contributed by atoms with Crippen molar-refractivity contribution < 1.29 is 18.4 Å². The number of halogens is 2. The monoisotopic (exact) mass is 366 g/mol. The Hall–Kier alpha value is -2.06. The summed E-state index contributed by atoms with van der Waals surface area (Å²) in [5, 5.41) is 3.22. The van der Waals surface area contributed by atoms with Gasteiger partial charge in [0.1, 0.15) is 0 Å². The molecule has 0 atom stereocenters. The van der Waals surface area contributed by atoms with E-state index in [0.717, 1.165) is 38.3 Å². The predicted octanol–water partition coefficient (Wildman–Crippen LogP) is 0.545. The van der Waals surface area contributed by atoms with E-state index in [0.29, 0.717) is 39.1 Å². The molecule has 3 rings (SSSR count). The lowest BCUT2D eigenvalue weighted by molar-refractivity contribution is -0.132. The second kappa shape index (κ2) is 8.55. The maximum Gasteiger partial charge on any atom is 0.254 e. The van der Waals surface area contributed by atoms with E-state index in [1.807, 2.05) is 4.90 Å². The average Bonchev–Trinajstić information content (AvgIpc) is 2.69. The van der Waals surface area contributed by atoms with Gasteiger partial charge in [-0.2, -0.15) is 0 Å². The topological polar surface area (TPSA) is 55.9 Å². The van der Waals surface area contributed by atoms with Gasteiger partial charge >= 0.3 is 0 Å². The maximum absolute atomic E-state index is 13.3. The van der Waals surface area contributed by atoms with E-state index in [-0.39, 0.29) is 17.4 Å². The van der Waals surface area contributed by atoms with Gasteiger partial charge in [0.15, 0.2) is 11.6 Å². The molecule has 1 aromatic carbocycles. The molecular weight excluding hydrogens is 342 g/mol. The normalized spacial score (nSPS) is 18.8. The molecule has 0 bridgehead atoms. The van der Waals surface area contributed by atoms with E-state index in [2.05, 4.69) is 10.2 Å². The molecule has 0 aliphatic carbocycles. The third kappa shape index (κ3) is 4.56. The van der Waals surface area contributed by atoms with Crippen molar-refractivity contribution in [1.29, 1.82) is 0 Å². The molecule has 6 nitrogen and oxygen atoms in total. The highest BCUT2D eigenvalue weighted by molar-refractivity contribution is 5.94. The summed E-state index contributed by atoms with van der Waals surface area (Å²) in [5.74, 6) is -2.09. The van der Waals surface area contributed by atoms with Crippen LogP contribution in [0.15, 0.2) is 18.2 Å². The summed E-state index contributed by atoms with van der Waals surface area (Å²) in [7, 11) is 0. The number of hydrogen-bond donors (Lipinski definition) is 1. The predicted molar refractivity (Wildman–Crippen MR) is 92.8 cm³/mol. The highest BCUT2D eigenvalue weighted by Crippen LogP contribution is 2.13. The zero-order valence-corrected chi connectivity index (χ0v) is 14.7. The summed E-state index contributed by atoms with van der Waals surface area (Å²) >= 11 is 0. The van der Waals surface area contributed by atoms with E-state index in [1.54, 1.807) is 4.90 Å². The van der Waals surface area contributed by atoms with Crippen LogP contribution >= 0.6 is 0 Å².